The van der Waals surface area contributed by atoms with Crippen molar-refractivity contribution < 1.29 is 42.5 Å². The van der Waals surface area contributed by atoms with E-state index < -0.39 is 10.1 Å². The van der Waals surface area contributed by atoms with Gasteiger partial charge in [0.2, 0.25) is 0 Å². The minimum Gasteiger partial charge on any atom is -0.748 e. The normalized spacial score (nSPS) is 11.1. The van der Waals surface area contributed by atoms with Gasteiger partial charge in [-0.1, -0.05) is 23.1 Å². The van der Waals surface area contributed by atoms with Crippen LogP contribution in [0.2, 0.25) is 0 Å². The van der Waals surface area contributed by atoms with Gasteiger partial charge in [-0.3, -0.25) is 5.10 Å². The number of thioether (sulfide) groups is 2. The van der Waals surface area contributed by atoms with Gasteiger partial charge < -0.3 is 4.55 Å². The van der Waals surface area contributed by atoms with E-state index >= 15 is 0 Å². The summed E-state index contributed by atoms with van der Waals surface area (Å²) in [6.07, 6.45) is 0. The van der Waals surface area contributed by atoms with Crippen LogP contribution >= 0.6 is 47.1 Å². The second-order valence-corrected chi connectivity index (χ2v) is 8.36. The molecule has 1 heterocycles. The number of nitrogens with zero attached hydrogens (tertiary/aromatic N) is 1. The van der Waals surface area contributed by atoms with Crippen LogP contribution in [0.5, 0.6) is 0 Å². The summed E-state index contributed by atoms with van der Waals surface area (Å²) in [6, 6.07) is 0. The second kappa shape index (κ2) is 9.32. The van der Waals surface area contributed by atoms with Gasteiger partial charge in [-0.05, 0) is 12.2 Å². The number of nitrogens with one attached hydrogen (secondary N) is 1. The van der Waals surface area contributed by atoms with Crippen LogP contribution in [-0.4, -0.2) is 46.2 Å². The molecule has 1 aromatic heterocycles. The minimum atomic E-state index is -4.07. The Labute approximate surface area is 140 Å². The van der Waals surface area contributed by atoms with Gasteiger partial charge in [0.15, 0.2) is 8.29 Å². The van der Waals surface area contributed by atoms with E-state index in [2.05, 4.69) is 10.2 Å². The number of hydrogen-bond donors (Lipinski definition) is 1. The third kappa shape index (κ3) is 9.91. The molecule has 1 rings (SSSR count). The maximum absolute atomic E-state index is 10.3. The molecule has 11 heteroatoms. The van der Waals surface area contributed by atoms with Crippen LogP contribution in [-0.2, 0) is 10.1 Å². The molecule has 5 nitrogen and oxygen atoms in total. The molecular formula is C6H9N2NaO3S5. The molecule has 0 unspecified atom stereocenters. The van der Waals surface area contributed by atoms with Crippen LogP contribution in [0.1, 0.15) is 0 Å². The van der Waals surface area contributed by atoms with Crippen molar-refractivity contribution in [3.63, 3.8) is 0 Å². The Morgan fingerprint density at radius 2 is 2.12 bits per heavy atom. The number of hydrogen-bond acceptors (Lipinski definition) is 8. The molecular weight excluding hydrogens is 331 g/mol. The maximum Gasteiger partial charge on any atom is 1.00 e. The van der Waals surface area contributed by atoms with Crippen LogP contribution in [0.15, 0.2) is 4.34 Å². The molecule has 0 saturated carbocycles. The molecule has 0 saturated heterocycles. The fourth-order valence-electron chi connectivity index (χ4n) is 0.729. The largest absolute Gasteiger partial charge is 1.00 e. The van der Waals surface area contributed by atoms with E-state index in [1.807, 2.05) is 0 Å². The molecule has 0 aliphatic carbocycles. The first-order valence-corrected chi connectivity index (χ1v) is 9.11. The monoisotopic (exact) mass is 340 g/mol. The molecule has 0 atom stereocenters. The van der Waals surface area contributed by atoms with Gasteiger partial charge in [0, 0.05) is 23.0 Å². The summed E-state index contributed by atoms with van der Waals surface area (Å²) in [4.78, 5) is 0. The fraction of sp³-hybridized carbons (Fsp3) is 0.667. The summed E-state index contributed by atoms with van der Waals surface area (Å²) < 4.78 is 32.4. The Balaban J connectivity index is 0.00000256. The third-order valence-electron chi connectivity index (χ3n) is 1.35. The van der Waals surface area contributed by atoms with Crippen LogP contribution in [0.4, 0.5) is 0 Å². The van der Waals surface area contributed by atoms with Gasteiger partial charge in [0.25, 0.3) is 0 Å². The molecule has 0 bridgehead atoms. The summed E-state index contributed by atoms with van der Waals surface area (Å²) in [5, 5.41) is 6.65. The molecule has 17 heavy (non-hydrogen) atoms. The molecule has 0 amide bonds. The van der Waals surface area contributed by atoms with Crippen molar-refractivity contribution in [3.8, 4) is 0 Å². The minimum absolute atomic E-state index is 0. The summed E-state index contributed by atoms with van der Waals surface area (Å²) in [5.74, 6) is 1.65. The van der Waals surface area contributed by atoms with Crippen molar-refractivity contribution in [1.82, 2.24) is 10.2 Å². The van der Waals surface area contributed by atoms with Crippen molar-refractivity contribution in [2.75, 3.05) is 23.0 Å². The zero-order chi connectivity index (χ0) is 12.0. The summed E-state index contributed by atoms with van der Waals surface area (Å²) >= 11 is 9.29. The first-order chi connectivity index (χ1) is 7.47. The molecule has 0 fully saturated rings. The maximum atomic E-state index is 10.3. The average Bonchev–Trinajstić information content (AvgIpc) is 2.56. The van der Waals surface area contributed by atoms with E-state index in [1.165, 1.54) is 23.1 Å². The van der Waals surface area contributed by atoms with Crippen molar-refractivity contribution in [2.24, 2.45) is 0 Å². The Hall–Kier alpha value is 1.39. The first-order valence-electron chi connectivity index (χ1n) is 4.17. The number of aromatic nitrogens is 2. The fourth-order valence-corrected chi connectivity index (χ4v) is 4.83. The van der Waals surface area contributed by atoms with Crippen LogP contribution in [0, 0.1) is 3.95 Å². The predicted molar refractivity (Wildman–Crippen MR) is 69.9 cm³/mol. The van der Waals surface area contributed by atoms with Gasteiger partial charge >= 0.3 is 29.6 Å². The summed E-state index contributed by atoms with van der Waals surface area (Å²) in [6.45, 7) is 0. The van der Waals surface area contributed by atoms with E-state index in [1.54, 1.807) is 11.8 Å². The van der Waals surface area contributed by atoms with E-state index in [9.17, 15) is 13.0 Å². The molecule has 0 aromatic carbocycles. The molecule has 0 aliphatic rings. The quantitative estimate of drug-likeness (QED) is 0.214. The Kier molecular flexibility index (Phi) is 10.1. The van der Waals surface area contributed by atoms with Crippen LogP contribution in [0.25, 0.3) is 0 Å². The molecule has 0 aliphatic heterocycles. The molecule has 0 radical (unpaired) electrons. The van der Waals surface area contributed by atoms with E-state index in [0.29, 0.717) is 9.71 Å². The zero-order valence-electron chi connectivity index (χ0n) is 9.04. The first kappa shape index (κ1) is 18.4. The number of H-pyrrole nitrogens is 1. The molecule has 92 valence electrons. The third-order valence-corrected chi connectivity index (χ3v) is 5.79. The topological polar surface area (TPSA) is 85.9 Å². The predicted octanol–water partition coefficient (Wildman–Crippen LogP) is -1.42. The molecule has 1 aromatic rings. The Morgan fingerprint density at radius 3 is 2.65 bits per heavy atom. The van der Waals surface area contributed by atoms with Gasteiger partial charge in [-0.2, -0.15) is 16.9 Å². The summed E-state index contributed by atoms with van der Waals surface area (Å²) in [5.41, 5.74) is 0. The van der Waals surface area contributed by atoms with Crippen molar-refractivity contribution >= 4 is 57.2 Å². The van der Waals surface area contributed by atoms with Gasteiger partial charge in [-0.25, -0.2) is 8.42 Å². The number of rotatable bonds is 7. The van der Waals surface area contributed by atoms with Gasteiger partial charge in [-0.15, -0.1) is 0 Å². The Bertz CT molecular complexity index is 470. The van der Waals surface area contributed by atoms with Crippen LogP contribution in [0.3, 0.4) is 0 Å². The SMILES string of the molecule is O=S(=O)([O-])CCSCCSc1n[nH]c(=S)s1.[Na+]. The smallest absolute Gasteiger partial charge is 0.748 e. The molecule has 0 spiro atoms. The second-order valence-electron chi connectivity index (χ2n) is 2.60. The van der Waals surface area contributed by atoms with E-state index in [0.717, 1.165) is 15.8 Å². The van der Waals surface area contributed by atoms with E-state index in [4.69, 9.17) is 12.2 Å². The average molecular weight is 340 g/mol. The Morgan fingerprint density at radius 1 is 1.41 bits per heavy atom. The van der Waals surface area contributed by atoms with Gasteiger partial charge in [0.05, 0.1) is 10.1 Å². The van der Waals surface area contributed by atoms with Crippen molar-refractivity contribution in [2.45, 2.75) is 4.34 Å². The standard InChI is InChI=1S/C6H10N2O3S5.Na/c9-16(10,11)4-3-13-1-2-14-6-8-7-5(12)15-6;/h1-4H2,(H,7,12)(H,9,10,11);/q;+1/p-1. The van der Waals surface area contributed by atoms with Gasteiger partial charge in [0.1, 0.15) is 0 Å². The van der Waals surface area contributed by atoms with Crippen molar-refractivity contribution in [1.29, 1.82) is 0 Å². The van der Waals surface area contributed by atoms with Crippen molar-refractivity contribution in [3.05, 3.63) is 3.95 Å². The van der Waals surface area contributed by atoms with E-state index in [-0.39, 0.29) is 35.3 Å². The number of aromatic amines is 1. The zero-order valence-corrected chi connectivity index (χ0v) is 15.1. The summed E-state index contributed by atoms with van der Waals surface area (Å²) in [7, 11) is -4.07. The van der Waals surface area contributed by atoms with Crippen LogP contribution < -0.4 is 29.6 Å². The molecule has 1 N–H and O–H groups in total.